The number of rotatable bonds is 5. The highest BCUT2D eigenvalue weighted by molar-refractivity contribution is 5.14. The number of unbranched alkanes of at least 4 members (excludes halogenated alkanes) is 1. The number of nitrogens with zero attached hydrogens (tertiary/aromatic N) is 1. The fourth-order valence-electron chi connectivity index (χ4n) is 2.37. The molecule has 1 aromatic rings. The average molecular weight is 218 g/mol. The first-order valence-corrected chi connectivity index (χ1v) is 6.36. The fraction of sp³-hybridized carbons (Fsp3) is 0.571. The molecule has 0 saturated carbocycles. The Balaban J connectivity index is 1.59. The van der Waals surface area contributed by atoms with Crippen LogP contribution in [0.2, 0.25) is 0 Å². The fourth-order valence-corrected chi connectivity index (χ4v) is 2.37. The molecule has 2 heteroatoms. The molecular weight excluding hydrogens is 196 g/mol. The zero-order valence-electron chi connectivity index (χ0n) is 9.94. The molecule has 1 heterocycles. The molecule has 0 aromatic heterocycles. The van der Waals surface area contributed by atoms with Crippen molar-refractivity contribution >= 4 is 0 Å². The zero-order chi connectivity index (χ0) is 11.2. The minimum atomic E-state index is 0.425. The van der Waals surface area contributed by atoms with Crippen molar-refractivity contribution in [1.29, 1.82) is 0 Å². The maximum Gasteiger partial charge on any atom is 0.0180 e. The molecule has 88 valence electrons. The Bertz CT molecular complexity index is 297. The van der Waals surface area contributed by atoms with E-state index in [1.807, 2.05) is 0 Å². The minimum Gasteiger partial charge on any atom is -0.326 e. The lowest BCUT2D eigenvalue weighted by molar-refractivity contribution is 0.326. The molecule has 1 saturated heterocycles. The maximum absolute atomic E-state index is 5.88. The molecule has 2 nitrogen and oxygen atoms in total. The molecule has 2 N–H and O–H groups in total. The van der Waals surface area contributed by atoms with Crippen molar-refractivity contribution in [3.8, 4) is 0 Å². The highest BCUT2D eigenvalue weighted by Gasteiger charge is 2.17. The Kier molecular flexibility index (Phi) is 4.37. The number of benzene rings is 1. The molecule has 1 aliphatic heterocycles. The van der Waals surface area contributed by atoms with Crippen LogP contribution in [0.3, 0.4) is 0 Å². The van der Waals surface area contributed by atoms with Gasteiger partial charge in [-0.2, -0.15) is 0 Å². The second kappa shape index (κ2) is 6.02. The number of hydrogen-bond donors (Lipinski definition) is 1. The van der Waals surface area contributed by atoms with Crippen LogP contribution in [0.1, 0.15) is 24.8 Å². The van der Waals surface area contributed by atoms with E-state index in [0.29, 0.717) is 6.04 Å². The van der Waals surface area contributed by atoms with Gasteiger partial charge in [-0.1, -0.05) is 30.3 Å². The summed E-state index contributed by atoms with van der Waals surface area (Å²) in [5.41, 5.74) is 7.34. The summed E-state index contributed by atoms with van der Waals surface area (Å²) in [5, 5.41) is 0. The number of nitrogens with two attached hydrogens (primary N) is 1. The van der Waals surface area contributed by atoms with E-state index in [2.05, 4.69) is 35.2 Å². The van der Waals surface area contributed by atoms with Gasteiger partial charge in [0, 0.05) is 12.6 Å². The van der Waals surface area contributed by atoms with Crippen LogP contribution >= 0.6 is 0 Å². The molecule has 1 aliphatic rings. The topological polar surface area (TPSA) is 29.3 Å². The largest absolute Gasteiger partial charge is 0.326 e. The van der Waals surface area contributed by atoms with Gasteiger partial charge in [-0.3, -0.25) is 0 Å². The highest BCUT2D eigenvalue weighted by atomic mass is 15.2. The van der Waals surface area contributed by atoms with E-state index in [-0.39, 0.29) is 0 Å². The predicted octanol–water partition coefficient (Wildman–Crippen LogP) is 2.04. The number of hydrogen-bond acceptors (Lipinski definition) is 2. The van der Waals surface area contributed by atoms with Crippen LogP contribution in [0.15, 0.2) is 30.3 Å². The molecular formula is C14H22N2. The summed E-state index contributed by atoms with van der Waals surface area (Å²) in [7, 11) is 0. The molecule has 1 atom stereocenters. The molecule has 1 aromatic carbocycles. The second-order valence-electron chi connectivity index (χ2n) is 4.79. The Labute approximate surface area is 98.4 Å². The van der Waals surface area contributed by atoms with Crippen LogP contribution in [0.5, 0.6) is 0 Å². The van der Waals surface area contributed by atoms with E-state index in [4.69, 9.17) is 5.73 Å². The quantitative estimate of drug-likeness (QED) is 0.766. The Morgan fingerprint density at radius 2 is 2.00 bits per heavy atom. The maximum atomic E-state index is 5.88. The van der Waals surface area contributed by atoms with Crippen molar-refractivity contribution < 1.29 is 0 Å². The summed E-state index contributed by atoms with van der Waals surface area (Å²) >= 11 is 0. The van der Waals surface area contributed by atoms with Gasteiger partial charge in [0.05, 0.1) is 0 Å². The first kappa shape index (κ1) is 11.6. The minimum absolute atomic E-state index is 0.425. The first-order valence-electron chi connectivity index (χ1n) is 6.36. The third-order valence-corrected chi connectivity index (χ3v) is 3.34. The third-order valence-electron chi connectivity index (χ3n) is 3.34. The monoisotopic (exact) mass is 218 g/mol. The van der Waals surface area contributed by atoms with E-state index >= 15 is 0 Å². The molecule has 0 radical (unpaired) electrons. The van der Waals surface area contributed by atoms with Crippen LogP contribution < -0.4 is 5.73 Å². The zero-order valence-corrected chi connectivity index (χ0v) is 9.94. The Morgan fingerprint density at radius 3 is 2.69 bits per heavy atom. The summed E-state index contributed by atoms with van der Waals surface area (Å²) < 4.78 is 0. The molecule has 1 unspecified atom stereocenters. The molecule has 0 aliphatic carbocycles. The Morgan fingerprint density at radius 1 is 1.19 bits per heavy atom. The number of likely N-dealkylation sites (tertiary alicyclic amines) is 1. The summed E-state index contributed by atoms with van der Waals surface area (Å²) in [5.74, 6) is 0. The van der Waals surface area contributed by atoms with Crippen molar-refractivity contribution in [3.63, 3.8) is 0 Å². The summed E-state index contributed by atoms with van der Waals surface area (Å²) in [6.07, 6.45) is 4.97. The van der Waals surface area contributed by atoms with Gasteiger partial charge >= 0.3 is 0 Å². The number of aryl methyl sites for hydroxylation is 1. The second-order valence-corrected chi connectivity index (χ2v) is 4.79. The van der Waals surface area contributed by atoms with E-state index in [0.717, 1.165) is 6.54 Å². The van der Waals surface area contributed by atoms with Crippen molar-refractivity contribution in [3.05, 3.63) is 35.9 Å². The smallest absolute Gasteiger partial charge is 0.0180 e. The molecule has 16 heavy (non-hydrogen) atoms. The van der Waals surface area contributed by atoms with Crippen LogP contribution in [-0.4, -0.2) is 30.6 Å². The molecule has 0 bridgehead atoms. The molecule has 2 rings (SSSR count). The van der Waals surface area contributed by atoms with Gasteiger partial charge in [-0.15, -0.1) is 0 Å². The van der Waals surface area contributed by atoms with Gasteiger partial charge in [0.15, 0.2) is 0 Å². The Hall–Kier alpha value is -0.860. The van der Waals surface area contributed by atoms with Crippen molar-refractivity contribution in [2.75, 3.05) is 19.6 Å². The van der Waals surface area contributed by atoms with E-state index in [9.17, 15) is 0 Å². The van der Waals surface area contributed by atoms with Crippen molar-refractivity contribution in [2.45, 2.75) is 31.7 Å². The lowest BCUT2D eigenvalue weighted by Crippen LogP contribution is -2.27. The van der Waals surface area contributed by atoms with Crippen LogP contribution in [-0.2, 0) is 6.42 Å². The normalized spacial score (nSPS) is 21.4. The summed E-state index contributed by atoms with van der Waals surface area (Å²) in [4.78, 5) is 2.50. The SMILES string of the molecule is NC1CCN(CCCCc2ccccc2)C1. The van der Waals surface area contributed by atoms with Crippen LogP contribution in [0, 0.1) is 0 Å². The summed E-state index contributed by atoms with van der Waals surface area (Å²) in [6, 6.07) is 11.2. The van der Waals surface area contributed by atoms with Crippen LogP contribution in [0.4, 0.5) is 0 Å². The molecule has 0 amide bonds. The van der Waals surface area contributed by atoms with Gasteiger partial charge in [-0.05, 0) is 44.3 Å². The highest BCUT2D eigenvalue weighted by Crippen LogP contribution is 2.09. The van der Waals surface area contributed by atoms with E-state index < -0.39 is 0 Å². The van der Waals surface area contributed by atoms with Gasteiger partial charge in [0.25, 0.3) is 0 Å². The van der Waals surface area contributed by atoms with Gasteiger partial charge in [-0.25, -0.2) is 0 Å². The molecule has 0 spiro atoms. The van der Waals surface area contributed by atoms with Gasteiger partial charge in [0.1, 0.15) is 0 Å². The van der Waals surface area contributed by atoms with E-state index in [1.165, 1.54) is 44.3 Å². The van der Waals surface area contributed by atoms with Crippen molar-refractivity contribution in [1.82, 2.24) is 4.90 Å². The van der Waals surface area contributed by atoms with Crippen LogP contribution in [0.25, 0.3) is 0 Å². The summed E-state index contributed by atoms with van der Waals surface area (Å²) in [6.45, 7) is 3.53. The van der Waals surface area contributed by atoms with E-state index in [1.54, 1.807) is 0 Å². The third kappa shape index (κ3) is 3.62. The first-order chi connectivity index (χ1) is 7.84. The standard InChI is InChI=1S/C14H22N2/c15-14-9-11-16(12-14)10-5-4-8-13-6-2-1-3-7-13/h1-3,6-7,14H,4-5,8-12,15H2. The van der Waals surface area contributed by atoms with Gasteiger partial charge < -0.3 is 10.6 Å². The molecule has 1 fully saturated rings. The van der Waals surface area contributed by atoms with Gasteiger partial charge in [0.2, 0.25) is 0 Å². The van der Waals surface area contributed by atoms with Crippen molar-refractivity contribution in [2.24, 2.45) is 5.73 Å². The lowest BCUT2D eigenvalue weighted by Gasteiger charge is -2.14. The average Bonchev–Trinajstić information content (AvgIpc) is 2.72. The predicted molar refractivity (Wildman–Crippen MR) is 68.4 cm³/mol. The lowest BCUT2D eigenvalue weighted by atomic mass is 10.1.